The standard InChI is InChI=1S/C18H23N3O2S/c1-11(2)9-16-12(3)19-18(21-16)24-10-17(23)20-15-7-5-14(6-8-15)13(4)22/h5-8,11H,9-10H2,1-4H3,(H,19,21)(H,20,23). The fourth-order valence-corrected chi connectivity index (χ4v) is 2.98. The summed E-state index contributed by atoms with van der Waals surface area (Å²) in [7, 11) is 0. The van der Waals surface area contributed by atoms with E-state index in [4.69, 9.17) is 0 Å². The third-order valence-electron chi connectivity index (χ3n) is 3.48. The molecule has 2 aromatic rings. The first-order valence-corrected chi connectivity index (χ1v) is 8.93. The summed E-state index contributed by atoms with van der Waals surface area (Å²) in [6.07, 6.45) is 0.928. The number of thioether (sulfide) groups is 1. The van der Waals surface area contributed by atoms with E-state index in [1.165, 1.54) is 18.7 Å². The van der Waals surface area contributed by atoms with E-state index in [1.807, 2.05) is 6.92 Å². The van der Waals surface area contributed by atoms with Crippen LogP contribution in [0.4, 0.5) is 5.69 Å². The van der Waals surface area contributed by atoms with E-state index in [9.17, 15) is 9.59 Å². The number of ketones is 1. The lowest BCUT2D eigenvalue weighted by atomic mass is 10.1. The number of nitrogens with zero attached hydrogens (tertiary/aromatic N) is 1. The molecule has 128 valence electrons. The van der Waals surface area contributed by atoms with Crippen LogP contribution in [0.3, 0.4) is 0 Å². The van der Waals surface area contributed by atoms with Crippen molar-refractivity contribution in [3.63, 3.8) is 0 Å². The van der Waals surface area contributed by atoms with E-state index in [0.717, 1.165) is 23.0 Å². The highest BCUT2D eigenvalue weighted by Crippen LogP contribution is 2.19. The molecule has 1 amide bonds. The summed E-state index contributed by atoms with van der Waals surface area (Å²) in [6, 6.07) is 6.88. The minimum atomic E-state index is -0.102. The second kappa shape index (κ2) is 8.15. The van der Waals surface area contributed by atoms with E-state index in [0.29, 0.717) is 17.2 Å². The fourth-order valence-electron chi connectivity index (χ4n) is 2.24. The molecule has 0 radical (unpaired) electrons. The zero-order valence-electron chi connectivity index (χ0n) is 14.5. The van der Waals surface area contributed by atoms with E-state index in [2.05, 4.69) is 29.1 Å². The van der Waals surface area contributed by atoms with Gasteiger partial charge in [-0.15, -0.1) is 0 Å². The van der Waals surface area contributed by atoms with Gasteiger partial charge in [0.15, 0.2) is 10.9 Å². The Labute approximate surface area is 146 Å². The van der Waals surface area contributed by atoms with Gasteiger partial charge >= 0.3 is 0 Å². The molecule has 2 rings (SSSR count). The van der Waals surface area contributed by atoms with Crippen molar-refractivity contribution in [2.75, 3.05) is 11.1 Å². The molecule has 1 aromatic heterocycles. The number of rotatable bonds is 7. The lowest BCUT2D eigenvalue weighted by Crippen LogP contribution is -2.14. The Morgan fingerprint density at radius 1 is 1.25 bits per heavy atom. The number of carbonyl (C=O) groups excluding carboxylic acids is 2. The number of Topliss-reactive ketones (excluding diaryl/α,β-unsaturated/α-hetero) is 1. The average Bonchev–Trinajstić information content (AvgIpc) is 2.85. The number of aryl methyl sites for hydroxylation is 1. The van der Waals surface area contributed by atoms with Gasteiger partial charge in [-0.1, -0.05) is 25.6 Å². The van der Waals surface area contributed by atoms with Gasteiger partial charge in [-0.2, -0.15) is 0 Å². The quantitative estimate of drug-likeness (QED) is 0.590. The van der Waals surface area contributed by atoms with E-state index in [1.54, 1.807) is 24.3 Å². The molecule has 0 spiro atoms. The summed E-state index contributed by atoms with van der Waals surface area (Å²) in [4.78, 5) is 31.0. The molecule has 24 heavy (non-hydrogen) atoms. The second-order valence-corrected chi connectivity index (χ2v) is 7.15. The van der Waals surface area contributed by atoms with Crippen molar-refractivity contribution >= 4 is 29.1 Å². The van der Waals surface area contributed by atoms with Crippen LogP contribution in [0, 0.1) is 12.8 Å². The number of aromatic amines is 1. The van der Waals surface area contributed by atoms with Gasteiger partial charge in [0.1, 0.15) is 0 Å². The van der Waals surface area contributed by atoms with Crippen LogP contribution >= 0.6 is 11.8 Å². The number of benzene rings is 1. The normalized spacial score (nSPS) is 10.9. The van der Waals surface area contributed by atoms with E-state index >= 15 is 0 Å². The van der Waals surface area contributed by atoms with E-state index < -0.39 is 0 Å². The minimum Gasteiger partial charge on any atom is -0.337 e. The third-order valence-corrected chi connectivity index (χ3v) is 4.35. The Bertz CT molecular complexity index is 720. The lowest BCUT2D eigenvalue weighted by molar-refractivity contribution is -0.113. The van der Waals surface area contributed by atoms with Crippen LogP contribution in [0.2, 0.25) is 0 Å². The van der Waals surface area contributed by atoms with Crippen LogP contribution in [-0.4, -0.2) is 27.4 Å². The highest BCUT2D eigenvalue weighted by Gasteiger charge is 2.11. The number of aromatic nitrogens is 2. The van der Waals surface area contributed by atoms with Crippen molar-refractivity contribution in [3.05, 3.63) is 41.2 Å². The van der Waals surface area contributed by atoms with Crippen molar-refractivity contribution in [1.82, 2.24) is 9.97 Å². The molecule has 0 aliphatic heterocycles. The molecule has 0 unspecified atom stereocenters. The lowest BCUT2D eigenvalue weighted by Gasteiger charge is -2.05. The van der Waals surface area contributed by atoms with Crippen molar-refractivity contribution in [3.8, 4) is 0 Å². The van der Waals surface area contributed by atoms with Gasteiger partial charge in [-0.3, -0.25) is 9.59 Å². The van der Waals surface area contributed by atoms with Crippen LogP contribution in [0.15, 0.2) is 29.4 Å². The number of hydrogen-bond donors (Lipinski definition) is 2. The molecule has 0 aliphatic rings. The number of carbonyl (C=O) groups is 2. The summed E-state index contributed by atoms with van der Waals surface area (Å²) in [5.41, 5.74) is 3.44. The van der Waals surface area contributed by atoms with Crippen LogP contribution in [0.1, 0.15) is 42.5 Å². The summed E-state index contributed by atoms with van der Waals surface area (Å²) in [5.74, 6) is 0.734. The van der Waals surface area contributed by atoms with Crippen molar-refractivity contribution in [1.29, 1.82) is 0 Å². The molecule has 0 saturated carbocycles. The van der Waals surface area contributed by atoms with Gasteiger partial charge < -0.3 is 10.3 Å². The molecule has 6 heteroatoms. The largest absolute Gasteiger partial charge is 0.337 e. The number of H-pyrrole nitrogens is 1. The topological polar surface area (TPSA) is 74.8 Å². The van der Waals surface area contributed by atoms with Crippen molar-refractivity contribution < 1.29 is 9.59 Å². The zero-order chi connectivity index (χ0) is 17.7. The highest BCUT2D eigenvalue weighted by molar-refractivity contribution is 7.99. The van der Waals surface area contributed by atoms with Crippen molar-refractivity contribution in [2.24, 2.45) is 5.92 Å². The second-order valence-electron chi connectivity index (χ2n) is 6.18. The van der Waals surface area contributed by atoms with Gasteiger partial charge in [-0.25, -0.2) is 4.98 Å². The van der Waals surface area contributed by atoms with Gasteiger partial charge in [0.2, 0.25) is 5.91 Å². The maximum Gasteiger partial charge on any atom is 0.234 e. The Morgan fingerprint density at radius 2 is 1.92 bits per heavy atom. The Morgan fingerprint density at radius 3 is 2.50 bits per heavy atom. The summed E-state index contributed by atoms with van der Waals surface area (Å²) in [5, 5.41) is 3.59. The van der Waals surface area contributed by atoms with Gasteiger partial charge in [0.05, 0.1) is 11.4 Å². The third kappa shape index (κ3) is 5.23. The van der Waals surface area contributed by atoms with Gasteiger partial charge in [0, 0.05) is 16.9 Å². The number of amides is 1. The molecule has 1 aromatic carbocycles. The maximum atomic E-state index is 12.0. The number of imidazole rings is 1. The molecule has 0 bridgehead atoms. The highest BCUT2D eigenvalue weighted by atomic mass is 32.2. The monoisotopic (exact) mass is 345 g/mol. The van der Waals surface area contributed by atoms with Crippen LogP contribution < -0.4 is 5.32 Å². The molecule has 0 aliphatic carbocycles. The van der Waals surface area contributed by atoms with Crippen LogP contribution in [0.25, 0.3) is 0 Å². The molecule has 2 N–H and O–H groups in total. The van der Waals surface area contributed by atoms with Crippen LogP contribution in [0.5, 0.6) is 0 Å². The SMILES string of the molecule is CC(=O)c1ccc(NC(=O)CSc2nc(CC(C)C)c(C)[nH]2)cc1. The molecule has 0 atom stereocenters. The number of hydrogen-bond acceptors (Lipinski definition) is 4. The maximum absolute atomic E-state index is 12.0. The molecule has 1 heterocycles. The number of nitrogens with one attached hydrogen (secondary N) is 2. The Kier molecular flexibility index (Phi) is 6.20. The van der Waals surface area contributed by atoms with Crippen LogP contribution in [-0.2, 0) is 11.2 Å². The van der Waals surface area contributed by atoms with Gasteiger partial charge in [0.25, 0.3) is 0 Å². The Balaban J connectivity index is 1.88. The minimum absolute atomic E-state index is 0.00817. The molecule has 0 fully saturated rings. The summed E-state index contributed by atoms with van der Waals surface area (Å²) < 4.78 is 0. The molecule has 0 saturated heterocycles. The summed E-state index contributed by atoms with van der Waals surface area (Å²) >= 11 is 1.39. The molecular formula is C18H23N3O2S. The average molecular weight is 345 g/mol. The predicted molar refractivity (Wildman–Crippen MR) is 97.7 cm³/mol. The molecule has 5 nitrogen and oxygen atoms in total. The smallest absolute Gasteiger partial charge is 0.234 e. The Hall–Kier alpha value is -2.08. The summed E-state index contributed by atoms with van der Waals surface area (Å²) in [6.45, 7) is 7.84. The van der Waals surface area contributed by atoms with E-state index in [-0.39, 0.29) is 17.4 Å². The predicted octanol–water partition coefficient (Wildman–Crippen LogP) is 3.85. The zero-order valence-corrected chi connectivity index (χ0v) is 15.3. The first-order valence-electron chi connectivity index (χ1n) is 7.94. The number of anilines is 1. The molecular weight excluding hydrogens is 322 g/mol. The first-order chi connectivity index (χ1) is 11.3. The first kappa shape index (κ1) is 18.3. The van der Waals surface area contributed by atoms with Crippen molar-refractivity contribution in [2.45, 2.75) is 39.3 Å². The van der Waals surface area contributed by atoms with Gasteiger partial charge in [-0.05, 0) is 50.5 Å². The fraction of sp³-hybridized carbons (Fsp3) is 0.389.